The molecule has 164 valence electrons. The van der Waals surface area contributed by atoms with Gasteiger partial charge in [0.1, 0.15) is 0 Å². The van der Waals surface area contributed by atoms with E-state index in [-0.39, 0.29) is 11.1 Å². The first kappa shape index (κ1) is 22.6. The van der Waals surface area contributed by atoms with E-state index < -0.39 is 0 Å². The Bertz CT molecular complexity index is 874. The number of nitrogen functional groups attached to an aromatic ring is 2. The molecule has 2 aliphatic rings. The van der Waals surface area contributed by atoms with E-state index in [1.54, 1.807) is 0 Å². The number of nitrogens with zero attached hydrogens (tertiary/aromatic N) is 2. The second-order valence-corrected chi connectivity index (χ2v) is 10.7. The van der Waals surface area contributed by atoms with Gasteiger partial charge in [0.25, 0.3) is 0 Å². The van der Waals surface area contributed by atoms with Crippen molar-refractivity contribution in [2.45, 2.75) is 78.6 Å². The summed E-state index contributed by atoms with van der Waals surface area (Å²) < 4.78 is 0. The van der Waals surface area contributed by atoms with Gasteiger partial charge in [0.15, 0.2) is 0 Å². The first-order chi connectivity index (χ1) is 13.9. The number of nitrogens with two attached hydrogens (primary N) is 2. The lowest BCUT2D eigenvalue weighted by molar-refractivity contribution is 0.121. The van der Waals surface area contributed by atoms with Crippen LogP contribution in [0.5, 0.6) is 0 Å². The first-order valence-electron chi connectivity index (χ1n) is 11.2. The maximum atomic E-state index is 6.02. The summed E-state index contributed by atoms with van der Waals surface area (Å²) in [5.74, 6) is 0. The number of benzene rings is 2. The summed E-state index contributed by atoms with van der Waals surface area (Å²) in [6, 6.07) is 12.6. The van der Waals surface area contributed by atoms with Crippen LogP contribution in [0.25, 0.3) is 0 Å². The van der Waals surface area contributed by atoms with Crippen LogP contribution >= 0.6 is 0 Å². The van der Waals surface area contributed by atoms with Crippen LogP contribution in [0, 0.1) is 0 Å². The topological polar surface area (TPSA) is 58.5 Å². The quantitative estimate of drug-likeness (QED) is 0.612. The lowest BCUT2D eigenvalue weighted by Crippen LogP contribution is -2.44. The highest BCUT2D eigenvalue weighted by Gasteiger charge is 2.27. The molecule has 0 bridgehead atoms. The van der Waals surface area contributed by atoms with Crippen LogP contribution in [0.15, 0.2) is 36.4 Å². The van der Waals surface area contributed by atoms with E-state index in [0.29, 0.717) is 0 Å². The molecule has 0 saturated carbocycles. The first-order valence-corrected chi connectivity index (χ1v) is 11.2. The van der Waals surface area contributed by atoms with Crippen LogP contribution in [0.2, 0.25) is 0 Å². The van der Waals surface area contributed by atoms with Crippen LogP contribution in [-0.4, -0.2) is 34.0 Å². The molecule has 4 heteroatoms. The van der Waals surface area contributed by atoms with E-state index in [1.807, 2.05) is 12.1 Å². The summed E-state index contributed by atoms with van der Waals surface area (Å²) in [6.07, 6.45) is 2.27. The Hall–Kier alpha value is -2.04. The van der Waals surface area contributed by atoms with Crippen LogP contribution in [-0.2, 0) is 25.9 Å². The standard InChI is InChI=1S/2C13H20N2/c1-13(2,3)15-7-6-10-4-5-12(14)8-11(10)9-15;1-13(2,3)15-8-7-10-5-4-6-12(14)11(10)9-15/h4-5,8H,6-7,9,14H2,1-3H3;4-6H,7-9,14H2,1-3H3. The third kappa shape index (κ3) is 5.35. The minimum absolute atomic E-state index is 0.236. The highest BCUT2D eigenvalue weighted by atomic mass is 15.2. The Labute approximate surface area is 183 Å². The monoisotopic (exact) mass is 408 g/mol. The van der Waals surface area contributed by atoms with E-state index in [9.17, 15) is 0 Å². The maximum Gasteiger partial charge on any atom is 0.0362 e. The Morgan fingerprint density at radius 2 is 1.30 bits per heavy atom. The molecular formula is C26H40N4. The molecule has 2 heterocycles. The Morgan fingerprint density at radius 3 is 1.93 bits per heavy atom. The fourth-order valence-corrected chi connectivity index (χ4v) is 4.33. The molecule has 2 aromatic rings. The van der Waals surface area contributed by atoms with E-state index in [4.69, 9.17) is 11.5 Å². The van der Waals surface area contributed by atoms with Gasteiger partial charge in [-0.1, -0.05) is 18.2 Å². The van der Waals surface area contributed by atoms with Crippen LogP contribution in [0.3, 0.4) is 0 Å². The van der Waals surface area contributed by atoms with Gasteiger partial charge in [0.05, 0.1) is 0 Å². The predicted octanol–water partition coefficient (Wildman–Crippen LogP) is 4.85. The van der Waals surface area contributed by atoms with E-state index >= 15 is 0 Å². The van der Waals surface area contributed by atoms with Gasteiger partial charge in [-0.25, -0.2) is 0 Å². The predicted molar refractivity (Wildman–Crippen MR) is 129 cm³/mol. The number of rotatable bonds is 0. The summed E-state index contributed by atoms with van der Waals surface area (Å²) in [7, 11) is 0. The van der Waals surface area contributed by atoms with E-state index in [0.717, 1.165) is 50.4 Å². The zero-order chi connectivity index (χ0) is 22.1. The average molecular weight is 409 g/mol. The third-order valence-electron chi connectivity index (χ3n) is 6.45. The van der Waals surface area contributed by atoms with E-state index in [2.05, 4.69) is 75.6 Å². The van der Waals surface area contributed by atoms with Gasteiger partial charge in [-0.2, -0.15) is 0 Å². The zero-order valence-corrected chi connectivity index (χ0v) is 19.8. The second kappa shape index (κ2) is 8.60. The smallest absolute Gasteiger partial charge is 0.0362 e. The molecule has 0 unspecified atom stereocenters. The van der Waals surface area contributed by atoms with Gasteiger partial charge in [-0.15, -0.1) is 0 Å². The Morgan fingerprint density at radius 1 is 0.700 bits per heavy atom. The van der Waals surface area contributed by atoms with Crippen molar-refractivity contribution < 1.29 is 0 Å². The van der Waals surface area contributed by atoms with Crippen molar-refractivity contribution in [3.63, 3.8) is 0 Å². The minimum Gasteiger partial charge on any atom is -0.399 e. The summed E-state index contributed by atoms with van der Waals surface area (Å²) >= 11 is 0. The highest BCUT2D eigenvalue weighted by Crippen LogP contribution is 2.28. The van der Waals surface area contributed by atoms with Crippen molar-refractivity contribution in [1.29, 1.82) is 0 Å². The van der Waals surface area contributed by atoms with Crippen molar-refractivity contribution >= 4 is 11.4 Å². The van der Waals surface area contributed by atoms with Crippen molar-refractivity contribution in [2.24, 2.45) is 0 Å². The van der Waals surface area contributed by atoms with Crippen molar-refractivity contribution in [2.75, 3.05) is 24.6 Å². The SMILES string of the molecule is CC(C)(C)N1CCc2ccc(N)cc2C1.CC(C)(C)N1CCc2cccc(N)c2C1. The molecule has 0 aromatic heterocycles. The van der Waals surface area contributed by atoms with E-state index in [1.165, 1.54) is 22.3 Å². The molecule has 4 nitrogen and oxygen atoms in total. The van der Waals surface area contributed by atoms with Gasteiger partial charge in [0, 0.05) is 48.6 Å². The number of hydrogen-bond donors (Lipinski definition) is 2. The van der Waals surface area contributed by atoms with Gasteiger partial charge in [-0.05, 0) is 94.8 Å². The summed E-state index contributed by atoms with van der Waals surface area (Å²) in [5, 5.41) is 0. The highest BCUT2D eigenvalue weighted by molar-refractivity contribution is 5.52. The summed E-state index contributed by atoms with van der Waals surface area (Å²) in [4.78, 5) is 5.00. The average Bonchev–Trinajstić information content (AvgIpc) is 2.66. The van der Waals surface area contributed by atoms with Gasteiger partial charge in [0.2, 0.25) is 0 Å². The van der Waals surface area contributed by atoms with Crippen LogP contribution < -0.4 is 11.5 Å². The van der Waals surface area contributed by atoms with Crippen molar-refractivity contribution in [3.8, 4) is 0 Å². The zero-order valence-electron chi connectivity index (χ0n) is 19.8. The fourth-order valence-electron chi connectivity index (χ4n) is 4.33. The number of anilines is 2. The van der Waals surface area contributed by atoms with Crippen molar-refractivity contribution in [1.82, 2.24) is 9.80 Å². The van der Waals surface area contributed by atoms with Gasteiger partial charge in [-0.3, -0.25) is 9.80 Å². The molecule has 0 saturated heterocycles. The van der Waals surface area contributed by atoms with Crippen LogP contribution in [0.4, 0.5) is 11.4 Å². The summed E-state index contributed by atoms with van der Waals surface area (Å²) in [6.45, 7) is 17.9. The molecule has 2 aromatic carbocycles. The molecular weight excluding hydrogens is 368 g/mol. The number of hydrogen-bond acceptors (Lipinski definition) is 4. The summed E-state index contributed by atoms with van der Waals surface area (Å²) in [5.41, 5.74) is 19.8. The molecule has 4 N–H and O–H groups in total. The Balaban J connectivity index is 0.000000171. The second-order valence-electron chi connectivity index (χ2n) is 10.7. The molecule has 30 heavy (non-hydrogen) atoms. The largest absolute Gasteiger partial charge is 0.399 e. The lowest BCUT2D eigenvalue weighted by atomic mass is 9.94. The third-order valence-corrected chi connectivity index (χ3v) is 6.45. The maximum absolute atomic E-state index is 6.02. The lowest BCUT2D eigenvalue weighted by Gasteiger charge is -2.39. The van der Waals surface area contributed by atoms with Gasteiger partial charge < -0.3 is 11.5 Å². The molecule has 0 spiro atoms. The number of fused-ring (bicyclic) bond motifs is 2. The van der Waals surface area contributed by atoms with Gasteiger partial charge >= 0.3 is 0 Å². The minimum atomic E-state index is 0.236. The molecule has 0 radical (unpaired) electrons. The molecule has 2 aliphatic heterocycles. The van der Waals surface area contributed by atoms with Crippen LogP contribution in [0.1, 0.15) is 63.8 Å². The molecule has 0 fully saturated rings. The molecule has 0 aliphatic carbocycles. The normalized spacial score (nSPS) is 17.5. The molecule has 0 atom stereocenters. The molecule has 4 rings (SSSR count). The fraction of sp³-hybridized carbons (Fsp3) is 0.538. The van der Waals surface area contributed by atoms with Crippen molar-refractivity contribution in [3.05, 3.63) is 58.7 Å². The molecule has 0 amide bonds. The Kier molecular flexibility index (Phi) is 6.49.